The summed E-state index contributed by atoms with van der Waals surface area (Å²) in [4.78, 5) is 16.2. The highest BCUT2D eigenvalue weighted by Crippen LogP contribution is 2.18. The highest BCUT2D eigenvalue weighted by atomic mass is 79.9. The summed E-state index contributed by atoms with van der Waals surface area (Å²) in [6.07, 6.45) is 4.17. The molecule has 0 saturated carbocycles. The van der Waals surface area contributed by atoms with Crippen molar-refractivity contribution in [1.82, 2.24) is 9.55 Å². The van der Waals surface area contributed by atoms with Crippen LogP contribution in [0.15, 0.2) is 35.1 Å². The number of hydrogen-bond donors (Lipinski definition) is 0. The Labute approximate surface area is 113 Å². The van der Waals surface area contributed by atoms with Gasteiger partial charge in [-0.05, 0) is 24.6 Å². The number of halogens is 2. The van der Waals surface area contributed by atoms with Gasteiger partial charge in [0, 0.05) is 23.4 Å². The van der Waals surface area contributed by atoms with E-state index in [4.69, 9.17) is 0 Å². The topological polar surface area (TPSA) is 34.9 Å². The number of benzene rings is 1. The number of hydrogen-bond acceptors (Lipinski definition) is 2. The third kappa shape index (κ3) is 2.51. The van der Waals surface area contributed by atoms with Crippen molar-refractivity contribution in [3.8, 4) is 0 Å². The molecule has 1 aromatic heterocycles. The summed E-state index contributed by atoms with van der Waals surface area (Å²) in [5, 5.41) is 0. The maximum absolute atomic E-state index is 13.7. The van der Waals surface area contributed by atoms with Crippen molar-refractivity contribution < 1.29 is 9.18 Å². The lowest BCUT2D eigenvalue weighted by molar-refractivity contribution is 0.102. The first-order chi connectivity index (χ1) is 8.63. The van der Waals surface area contributed by atoms with Gasteiger partial charge in [-0.1, -0.05) is 22.9 Å². The SMILES string of the molecule is CCCn1ccnc1C(=O)c1cc(Br)ccc1F. The number of carbonyl (C=O) groups is 1. The second kappa shape index (κ2) is 5.44. The molecule has 18 heavy (non-hydrogen) atoms. The maximum atomic E-state index is 13.7. The lowest BCUT2D eigenvalue weighted by Crippen LogP contribution is -2.12. The van der Waals surface area contributed by atoms with Crippen molar-refractivity contribution in [1.29, 1.82) is 0 Å². The van der Waals surface area contributed by atoms with Crippen LogP contribution in [0.2, 0.25) is 0 Å². The van der Waals surface area contributed by atoms with Crippen LogP contribution in [-0.4, -0.2) is 15.3 Å². The predicted molar refractivity (Wildman–Crippen MR) is 70.1 cm³/mol. The zero-order valence-electron chi connectivity index (χ0n) is 9.86. The molecule has 5 heteroatoms. The molecule has 2 rings (SSSR count). The predicted octanol–water partition coefficient (Wildman–Crippen LogP) is 3.43. The summed E-state index contributed by atoms with van der Waals surface area (Å²) in [5.74, 6) is -0.657. The van der Waals surface area contributed by atoms with Crippen LogP contribution in [0.4, 0.5) is 4.39 Å². The standard InChI is InChI=1S/C13H12BrFN2O/c1-2-6-17-7-5-16-13(17)12(18)10-8-9(14)3-4-11(10)15/h3-5,7-8H,2,6H2,1H3. The smallest absolute Gasteiger partial charge is 0.231 e. The molecule has 2 aromatic rings. The lowest BCUT2D eigenvalue weighted by atomic mass is 10.1. The van der Waals surface area contributed by atoms with Gasteiger partial charge in [0.2, 0.25) is 5.78 Å². The Bertz CT molecular complexity index is 580. The first-order valence-electron chi connectivity index (χ1n) is 5.64. The summed E-state index contributed by atoms with van der Waals surface area (Å²) >= 11 is 3.23. The summed E-state index contributed by atoms with van der Waals surface area (Å²) < 4.78 is 16.1. The van der Waals surface area contributed by atoms with Gasteiger partial charge in [0.15, 0.2) is 5.82 Å². The highest BCUT2D eigenvalue weighted by Gasteiger charge is 2.18. The van der Waals surface area contributed by atoms with E-state index >= 15 is 0 Å². The second-order valence-electron chi connectivity index (χ2n) is 3.90. The van der Waals surface area contributed by atoms with Gasteiger partial charge in [-0.2, -0.15) is 0 Å². The average molecular weight is 311 g/mol. The second-order valence-corrected chi connectivity index (χ2v) is 4.81. The van der Waals surface area contributed by atoms with Crippen molar-refractivity contribution in [3.05, 3.63) is 52.3 Å². The number of nitrogens with zero attached hydrogens (tertiary/aromatic N) is 2. The van der Waals surface area contributed by atoms with Crippen molar-refractivity contribution >= 4 is 21.7 Å². The van der Waals surface area contributed by atoms with Crippen LogP contribution in [0.1, 0.15) is 29.5 Å². The average Bonchev–Trinajstić information content (AvgIpc) is 2.80. The van der Waals surface area contributed by atoms with Gasteiger partial charge in [-0.3, -0.25) is 4.79 Å². The third-order valence-electron chi connectivity index (χ3n) is 2.56. The van der Waals surface area contributed by atoms with E-state index in [9.17, 15) is 9.18 Å². The van der Waals surface area contributed by atoms with Crippen LogP contribution in [0, 0.1) is 5.82 Å². The van der Waals surface area contributed by atoms with E-state index in [1.165, 1.54) is 12.1 Å². The molecule has 3 nitrogen and oxygen atoms in total. The molecule has 0 aliphatic rings. The normalized spacial score (nSPS) is 10.6. The molecular weight excluding hydrogens is 299 g/mol. The van der Waals surface area contributed by atoms with Gasteiger partial charge >= 0.3 is 0 Å². The molecule has 0 aliphatic carbocycles. The minimum atomic E-state index is -0.533. The van der Waals surface area contributed by atoms with Gasteiger partial charge in [-0.25, -0.2) is 9.37 Å². The number of aromatic nitrogens is 2. The molecule has 0 bridgehead atoms. The van der Waals surface area contributed by atoms with E-state index in [0.29, 0.717) is 11.0 Å². The van der Waals surface area contributed by atoms with E-state index in [-0.39, 0.29) is 11.4 Å². The molecule has 1 aromatic carbocycles. The Hall–Kier alpha value is -1.49. The number of rotatable bonds is 4. The van der Waals surface area contributed by atoms with Crippen molar-refractivity contribution in [2.75, 3.05) is 0 Å². The monoisotopic (exact) mass is 310 g/mol. The number of aryl methyl sites for hydroxylation is 1. The highest BCUT2D eigenvalue weighted by molar-refractivity contribution is 9.10. The molecule has 1 heterocycles. The van der Waals surface area contributed by atoms with Crippen LogP contribution < -0.4 is 0 Å². The molecule has 0 N–H and O–H groups in total. The largest absolute Gasteiger partial charge is 0.328 e. The number of ketones is 1. The van der Waals surface area contributed by atoms with E-state index in [1.807, 2.05) is 6.92 Å². The number of imidazole rings is 1. The minimum absolute atomic E-state index is 0.0351. The molecule has 94 valence electrons. The van der Waals surface area contributed by atoms with Gasteiger partial charge in [0.05, 0.1) is 5.56 Å². The Morgan fingerprint density at radius 3 is 3.00 bits per heavy atom. The zero-order chi connectivity index (χ0) is 13.1. The minimum Gasteiger partial charge on any atom is -0.328 e. The third-order valence-corrected chi connectivity index (χ3v) is 3.05. The maximum Gasteiger partial charge on any atom is 0.231 e. The number of carbonyl (C=O) groups excluding carboxylic acids is 1. The van der Waals surface area contributed by atoms with Crippen LogP contribution in [0.25, 0.3) is 0 Å². The van der Waals surface area contributed by atoms with Gasteiger partial charge in [0.1, 0.15) is 5.82 Å². The van der Waals surface area contributed by atoms with Crippen LogP contribution >= 0.6 is 15.9 Å². The molecule has 0 atom stereocenters. The molecule has 0 radical (unpaired) electrons. The van der Waals surface area contributed by atoms with Gasteiger partial charge < -0.3 is 4.57 Å². The van der Waals surface area contributed by atoms with E-state index in [0.717, 1.165) is 6.42 Å². The molecule has 0 fully saturated rings. The van der Waals surface area contributed by atoms with E-state index < -0.39 is 11.6 Å². The fourth-order valence-electron chi connectivity index (χ4n) is 1.73. The van der Waals surface area contributed by atoms with Crippen LogP contribution in [0.5, 0.6) is 0 Å². The van der Waals surface area contributed by atoms with Crippen molar-refractivity contribution in [2.45, 2.75) is 19.9 Å². The first kappa shape index (κ1) is 13.0. The fourth-order valence-corrected chi connectivity index (χ4v) is 2.09. The van der Waals surface area contributed by atoms with Crippen molar-refractivity contribution in [3.63, 3.8) is 0 Å². The zero-order valence-corrected chi connectivity index (χ0v) is 11.4. The molecule has 0 amide bonds. The first-order valence-corrected chi connectivity index (χ1v) is 6.43. The van der Waals surface area contributed by atoms with E-state index in [1.54, 1.807) is 23.0 Å². The molecular formula is C13H12BrFN2O. The molecule has 0 saturated heterocycles. The van der Waals surface area contributed by atoms with Crippen LogP contribution in [0.3, 0.4) is 0 Å². The molecule has 0 spiro atoms. The Kier molecular flexibility index (Phi) is 3.91. The van der Waals surface area contributed by atoms with Gasteiger partial charge in [-0.15, -0.1) is 0 Å². The summed E-state index contributed by atoms with van der Waals surface area (Å²) in [6.45, 7) is 2.70. The Balaban J connectivity index is 2.41. The van der Waals surface area contributed by atoms with Crippen LogP contribution in [-0.2, 0) is 6.54 Å². The summed E-state index contributed by atoms with van der Waals surface area (Å²) in [5.41, 5.74) is 0.0351. The molecule has 0 aliphatic heterocycles. The molecule has 0 unspecified atom stereocenters. The lowest BCUT2D eigenvalue weighted by Gasteiger charge is -2.06. The fraction of sp³-hybridized carbons (Fsp3) is 0.231. The summed E-state index contributed by atoms with van der Waals surface area (Å²) in [7, 11) is 0. The van der Waals surface area contributed by atoms with Gasteiger partial charge in [0.25, 0.3) is 0 Å². The summed E-state index contributed by atoms with van der Waals surface area (Å²) in [6, 6.07) is 4.30. The van der Waals surface area contributed by atoms with Crippen molar-refractivity contribution in [2.24, 2.45) is 0 Å². The van der Waals surface area contributed by atoms with E-state index in [2.05, 4.69) is 20.9 Å². The quantitative estimate of drug-likeness (QED) is 0.811. The Morgan fingerprint density at radius 1 is 1.50 bits per heavy atom. The Morgan fingerprint density at radius 2 is 2.28 bits per heavy atom.